The molecule has 30 heavy (non-hydrogen) atoms. The van der Waals surface area contributed by atoms with Crippen LogP contribution in [-0.4, -0.2) is 36.6 Å². The van der Waals surface area contributed by atoms with E-state index >= 15 is 0 Å². The Balaban J connectivity index is 1.44. The molecule has 7 heteroatoms. The number of piperidine rings is 1. The third kappa shape index (κ3) is 4.70. The monoisotopic (exact) mass is 460 g/mol. The zero-order valence-electron chi connectivity index (χ0n) is 16.3. The molecule has 3 aromatic rings. The lowest BCUT2D eigenvalue weighted by Crippen LogP contribution is -2.38. The van der Waals surface area contributed by atoms with Gasteiger partial charge in [-0.05, 0) is 67.4 Å². The average Bonchev–Trinajstić information content (AvgIpc) is 2.75. The van der Waals surface area contributed by atoms with Gasteiger partial charge in [0.25, 0.3) is 0 Å². The van der Waals surface area contributed by atoms with Gasteiger partial charge in [0.1, 0.15) is 0 Å². The first-order valence-electron chi connectivity index (χ1n) is 9.84. The molecule has 0 atom stereocenters. The zero-order valence-corrected chi connectivity index (χ0v) is 18.7. The molecular formula is C23H22Cl2N2O2S. The summed E-state index contributed by atoms with van der Waals surface area (Å²) in [5.74, 6) is 0. The Morgan fingerprint density at radius 1 is 1.00 bits per heavy atom. The van der Waals surface area contributed by atoms with Gasteiger partial charge in [-0.25, -0.2) is 8.42 Å². The smallest absolute Gasteiger partial charge is 0.181 e. The molecule has 1 saturated heterocycles. The molecule has 1 aromatic heterocycles. The van der Waals surface area contributed by atoms with Crippen molar-refractivity contribution < 1.29 is 8.42 Å². The van der Waals surface area contributed by atoms with Crippen LogP contribution in [0.1, 0.15) is 18.4 Å². The highest BCUT2D eigenvalue weighted by atomic mass is 35.5. The number of halogens is 2. The minimum atomic E-state index is -3.37. The normalized spacial score (nSPS) is 15.9. The van der Waals surface area contributed by atoms with E-state index in [0.717, 1.165) is 36.3 Å². The fourth-order valence-electron chi connectivity index (χ4n) is 3.87. The van der Waals surface area contributed by atoms with Crippen LogP contribution in [0.5, 0.6) is 0 Å². The highest BCUT2D eigenvalue weighted by Crippen LogP contribution is 2.32. The number of sulfone groups is 1. The lowest BCUT2D eigenvalue weighted by atomic mass is 10.1. The predicted molar refractivity (Wildman–Crippen MR) is 122 cm³/mol. The molecular weight excluding hydrogens is 439 g/mol. The lowest BCUT2D eigenvalue weighted by molar-refractivity contribution is 0.222. The lowest BCUT2D eigenvalue weighted by Gasteiger charge is -2.31. The zero-order chi connectivity index (χ0) is 21.1. The minimum absolute atomic E-state index is 0.354. The molecule has 2 heterocycles. The van der Waals surface area contributed by atoms with E-state index < -0.39 is 9.84 Å². The van der Waals surface area contributed by atoms with Crippen molar-refractivity contribution in [3.63, 3.8) is 0 Å². The Kier molecular flexibility index (Phi) is 6.44. The summed E-state index contributed by atoms with van der Waals surface area (Å²) in [7, 11) is -3.37. The predicted octanol–water partition coefficient (Wildman–Crippen LogP) is 5.49. The molecule has 2 aromatic carbocycles. The fourth-order valence-corrected chi connectivity index (χ4v) is 6.12. The number of pyridine rings is 1. The maximum atomic E-state index is 13.1. The van der Waals surface area contributed by atoms with Gasteiger partial charge in [-0.15, -0.1) is 0 Å². The standard InChI is InChI=1S/C23H22Cl2N2O2S/c24-19-5-8-22(23(25)14-19)18-3-6-20(7-4-18)30(28,29)21-9-12-27(13-10-21)16-17-2-1-11-26-15-17/h1-8,11,14-15,21H,9-10,12-13,16H2. The van der Waals surface area contributed by atoms with Gasteiger partial charge in [0, 0.05) is 34.5 Å². The Bertz CT molecular complexity index is 1110. The largest absolute Gasteiger partial charge is 0.299 e. The molecule has 0 radical (unpaired) electrons. The van der Waals surface area contributed by atoms with Gasteiger partial charge in [0.15, 0.2) is 9.84 Å². The molecule has 0 bridgehead atoms. The molecule has 1 aliphatic rings. The van der Waals surface area contributed by atoms with E-state index in [1.165, 1.54) is 0 Å². The minimum Gasteiger partial charge on any atom is -0.299 e. The SMILES string of the molecule is O=S(=O)(c1ccc(-c2ccc(Cl)cc2Cl)cc1)C1CCN(Cc2cccnc2)CC1. The summed E-state index contributed by atoms with van der Waals surface area (Å²) in [6, 6.07) is 16.2. The van der Waals surface area contributed by atoms with E-state index in [-0.39, 0.29) is 5.25 Å². The summed E-state index contributed by atoms with van der Waals surface area (Å²) >= 11 is 12.2. The first-order valence-corrected chi connectivity index (χ1v) is 12.1. The molecule has 4 rings (SSSR count). The van der Waals surface area contributed by atoms with Gasteiger partial charge in [-0.3, -0.25) is 9.88 Å². The summed E-state index contributed by atoms with van der Waals surface area (Å²) in [6.45, 7) is 2.33. The van der Waals surface area contributed by atoms with E-state index in [1.54, 1.807) is 42.6 Å². The van der Waals surface area contributed by atoms with Crippen LogP contribution < -0.4 is 0 Å². The number of benzene rings is 2. The fraction of sp³-hybridized carbons (Fsp3) is 0.261. The molecule has 0 unspecified atom stereocenters. The Morgan fingerprint density at radius 3 is 2.37 bits per heavy atom. The molecule has 0 aliphatic carbocycles. The Hall–Kier alpha value is -1.92. The first-order chi connectivity index (χ1) is 14.4. The van der Waals surface area contributed by atoms with Crippen LogP contribution in [0.15, 0.2) is 71.9 Å². The number of nitrogens with zero attached hydrogens (tertiary/aromatic N) is 2. The van der Waals surface area contributed by atoms with E-state index in [2.05, 4.69) is 9.88 Å². The van der Waals surface area contributed by atoms with Crippen LogP contribution in [-0.2, 0) is 16.4 Å². The van der Waals surface area contributed by atoms with Crippen molar-refractivity contribution in [1.29, 1.82) is 0 Å². The van der Waals surface area contributed by atoms with Crippen LogP contribution in [0, 0.1) is 0 Å². The summed E-state index contributed by atoms with van der Waals surface area (Å²) in [5, 5.41) is 0.754. The molecule has 0 amide bonds. The maximum absolute atomic E-state index is 13.1. The summed E-state index contributed by atoms with van der Waals surface area (Å²) in [5.41, 5.74) is 2.84. The highest BCUT2D eigenvalue weighted by Gasteiger charge is 2.31. The van der Waals surface area contributed by atoms with E-state index in [9.17, 15) is 8.42 Å². The Morgan fingerprint density at radius 2 is 1.73 bits per heavy atom. The number of hydrogen-bond acceptors (Lipinski definition) is 4. The molecule has 1 aliphatic heterocycles. The second-order valence-electron chi connectivity index (χ2n) is 7.53. The van der Waals surface area contributed by atoms with Crippen molar-refractivity contribution in [3.05, 3.63) is 82.6 Å². The number of hydrogen-bond donors (Lipinski definition) is 0. The van der Waals surface area contributed by atoms with Gasteiger partial charge in [0.05, 0.1) is 10.1 Å². The molecule has 4 nitrogen and oxygen atoms in total. The summed E-state index contributed by atoms with van der Waals surface area (Å²) < 4.78 is 26.3. The van der Waals surface area contributed by atoms with Gasteiger partial charge < -0.3 is 0 Å². The highest BCUT2D eigenvalue weighted by molar-refractivity contribution is 7.92. The number of rotatable bonds is 5. The van der Waals surface area contributed by atoms with Crippen molar-refractivity contribution in [2.45, 2.75) is 29.5 Å². The van der Waals surface area contributed by atoms with Crippen molar-refractivity contribution in [2.24, 2.45) is 0 Å². The molecule has 0 spiro atoms. The molecule has 0 saturated carbocycles. The van der Waals surface area contributed by atoms with Gasteiger partial charge in [-0.1, -0.05) is 47.5 Å². The van der Waals surface area contributed by atoms with Gasteiger partial charge in [-0.2, -0.15) is 0 Å². The topological polar surface area (TPSA) is 50.3 Å². The second-order valence-corrected chi connectivity index (χ2v) is 10.6. The summed E-state index contributed by atoms with van der Waals surface area (Å²) in [4.78, 5) is 6.79. The third-order valence-corrected chi connectivity index (χ3v) is 8.35. The molecule has 0 N–H and O–H groups in total. The van der Waals surface area contributed by atoms with Crippen molar-refractivity contribution in [2.75, 3.05) is 13.1 Å². The number of likely N-dealkylation sites (tertiary alicyclic amines) is 1. The quantitative estimate of drug-likeness (QED) is 0.504. The Labute approximate surface area is 187 Å². The average molecular weight is 461 g/mol. The second kappa shape index (κ2) is 9.06. The first kappa shape index (κ1) is 21.3. The van der Waals surface area contributed by atoms with E-state index in [0.29, 0.717) is 27.8 Å². The van der Waals surface area contributed by atoms with Crippen molar-refractivity contribution in [3.8, 4) is 11.1 Å². The molecule has 156 valence electrons. The van der Waals surface area contributed by atoms with Gasteiger partial charge >= 0.3 is 0 Å². The van der Waals surface area contributed by atoms with Gasteiger partial charge in [0.2, 0.25) is 0 Å². The van der Waals surface area contributed by atoms with Crippen LogP contribution in [0.3, 0.4) is 0 Å². The third-order valence-electron chi connectivity index (χ3n) is 5.53. The van der Waals surface area contributed by atoms with Crippen molar-refractivity contribution in [1.82, 2.24) is 9.88 Å². The van der Waals surface area contributed by atoms with Crippen LogP contribution >= 0.6 is 23.2 Å². The van der Waals surface area contributed by atoms with E-state index in [1.807, 2.05) is 24.4 Å². The van der Waals surface area contributed by atoms with E-state index in [4.69, 9.17) is 23.2 Å². The maximum Gasteiger partial charge on any atom is 0.181 e. The summed E-state index contributed by atoms with van der Waals surface area (Å²) in [6.07, 6.45) is 4.88. The van der Waals surface area contributed by atoms with Crippen LogP contribution in [0.4, 0.5) is 0 Å². The van der Waals surface area contributed by atoms with Crippen molar-refractivity contribution >= 4 is 33.0 Å². The van der Waals surface area contributed by atoms with Crippen LogP contribution in [0.2, 0.25) is 10.0 Å². The molecule has 1 fully saturated rings. The number of aromatic nitrogens is 1. The van der Waals surface area contributed by atoms with Crippen LogP contribution in [0.25, 0.3) is 11.1 Å².